The lowest BCUT2D eigenvalue weighted by Gasteiger charge is -2.04. The van der Waals surface area contributed by atoms with Crippen LogP contribution in [0.4, 0.5) is 5.13 Å². The summed E-state index contributed by atoms with van der Waals surface area (Å²) >= 11 is 7.34. The molecule has 2 rings (SSSR count). The molecule has 20 heavy (non-hydrogen) atoms. The molecule has 2 aromatic rings. The summed E-state index contributed by atoms with van der Waals surface area (Å²) in [5.41, 5.74) is 2.28. The quantitative estimate of drug-likeness (QED) is 0.864. The molecular formula is C14H16ClN3OS. The first kappa shape index (κ1) is 14.9. The molecule has 0 aliphatic heterocycles. The third-order valence-corrected chi connectivity index (χ3v) is 3.78. The standard InChI is InChI=1S/C14H16ClN3OS/c1-4-10-5-9(6-12(15)16-10)13(19)18-14-17-11(7-20-14)8(2)3/h5-8H,4H2,1-3H3,(H,17,18,19). The second kappa shape index (κ2) is 6.33. The molecule has 0 fully saturated rings. The fourth-order valence-corrected chi connectivity index (χ4v) is 2.73. The van der Waals surface area contributed by atoms with Crippen molar-refractivity contribution in [1.29, 1.82) is 0 Å². The Labute approximate surface area is 127 Å². The second-order valence-electron chi connectivity index (χ2n) is 4.71. The van der Waals surface area contributed by atoms with Crippen molar-refractivity contribution in [3.63, 3.8) is 0 Å². The van der Waals surface area contributed by atoms with Gasteiger partial charge >= 0.3 is 0 Å². The number of anilines is 1. The minimum atomic E-state index is -0.214. The van der Waals surface area contributed by atoms with Crippen LogP contribution in [0.5, 0.6) is 0 Å². The second-order valence-corrected chi connectivity index (χ2v) is 5.96. The average Bonchev–Trinajstić information content (AvgIpc) is 2.86. The summed E-state index contributed by atoms with van der Waals surface area (Å²) < 4.78 is 0. The predicted octanol–water partition coefficient (Wildman–Crippen LogP) is 4.13. The van der Waals surface area contributed by atoms with Crippen molar-refractivity contribution in [2.24, 2.45) is 0 Å². The number of thiazole rings is 1. The topological polar surface area (TPSA) is 54.9 Å². The number of carbonyl (C=O) groups excluding carboxylic acids is 1. The number of amides is 1. The van der Waals surface area contributed by atoms with E-state index in [0.717, 1.165) is 17.8 Å². The van der Waals surface area contributed by atoms with Crippen molar-refractivity contribution >= 4 is 34.0 Å². The molecule has 2 heterocycles. The van der Waals surface area contributed by atoms with Crippen LogP contribution in [0.25, 0.3) is 0 Å². The highest BCUT2D eigenvalue weighted by molar-refractivity contribution is 7.14. The number of hydrogen-bond donors (Lipinski definition) is 1. The lowest BCUT2D eigenvalue weighted by molar-refractivity contribution is 0.102. The molecule has 0 saturated heterocycles. The van der Waals surface area contributed by atoms with Crippen LogP contribution in [0.1, 0.15) is 48.4 Å². The highest BCUT2D eigenvalue weighted by Gasteiger charge is 2.12. The number of hydrogen-bond acceptors (Lipinski definition) is 4. The minimum Gasteiger partial charge on any atom is -0.298 e. The van der Waals surface area contributed by atoms with Crippen molar-refractivity contribution in [3.05, 3.63) is 39.6 Å². The van der Waals surface area contributed by atoms with Crippen molar-refractivity contribution in [2.45, 2.75) is 33.1 Å². The number of aromatic nitrogens is 2. The molecule has 0 bridgehead atoms. The third kappa shape index (κ3) is 3.55. The van der Waals surface area contributed by atoms with E-state index < -0.39 is 0 Å². The molecule has 0 spiro atoms. The summed E-state index contributed by atoms with van der Waals surface area (Å²) in [5.74, 6) is 0.132. The van der Waals surface area contributed by atoms with E-state index in [2.05, 4.69) is 29.1 Å². The fourth-order valence-electron chi connectivity index (χ4n) is 1.64. The number of pyridine rings is 1. The van der Waals surface area contributed by atoms with Crippen LogP contribution < -0.4 is 5.32 Å². The van der Waals surface area contributed by atoms with Crippen molar-refractivity contribution in [3.8, 4) is 0 Å². The molecule has 0 radical (unpaired) electrons. The van der Waals surface area contributed by atoms with Gasteiger partial charge in [0.15, 0.2) is 5.13 Å². The molecule has 2 aromatic heterocycles. The van der Waals surface area contributed by atoms with Gasteiger partial charge in [-0.1, -0.05) is 32.4 Å². The Morgan fingerprint density at radius 2 is 2.15 bits per heavy atom. The maximum absolute atomic E-state index is 12.2. The van der Waals surface area contributed by atoms with Crippen LogP contribution in [0.15, 0.2) is 17.5 Å². The molecule has 0 atom stereocenters. The van der Waals surface area contributed by atoms with E-state index in [1.165, 1.54) is 11.3 Å². The normalized spacial score (nSPS) is 10.8. The number of halogens is 1. The van der Waals surface area contributed by atoms with E-state index in [-0.39, 0.29) is 5.91 Å². The van der Waals surface area contributed by atoms with Gasteiger partial charge in [-0.05, 0) is 24.5 Å². The first-order valence-electron chi connectivity index (χ1n) is 6.42. The van der Waals surface area contributed by atoms with E-state index in [1.54, 1.807) is 12.1 Å². The van der Waals surface area contributed by atoms with Gasteiger partial charge in [0.2, 0.25) is 0 Å². The van der Waals surface area contributed by atoms with E-state index in [0.29, 0.717) is 21.8 Å². The van der Waals surface area contributed by atoms with Gasteiger partial charge in [-0.15, -0.1) is 11.3 Å². The Morgan fingerprint density at radius 3 is 2.75 bits per heavy atom. The molecule has 4 nitrogen and oxygen atoms in total. The molecule has 1 N–H and O–H groups in total. The van der Waals surface area contributed by atoms with E-state index in [1.807, 2.05) is 12.3 Å². The van der Waals surface area contributed by atoms with E-state index in [4.69, 9.17) is 11.6 Å². The third-order valence-electron chi connectivity index (χ3n) is 2.81. The van der Waals surface area contributed by atoms with Crippen LogP contribution in [0.2, 0.25) is 5.15 Å². The van der Waals surface area contributed by atoms with Gasteiger partial charge in [-0.25, -0.2) is 9.97 Å². The molecule has 0 unspecified atom stereocenters. The van der Waals surface area contributed by atoms with Gasteiger partial charge in [0.25, 0.3) is 5.91 Å². The number of nitrogens with zero attached hydrogens (tertiary/aromatic N) is 2. The smallest absolute Gasteiger partial charge is 0.257 e. The van der Waals surface area contributed by atoms with Crippen LogP contribution in [0, 0.1) is 0 Å². The lowest BCUT2D eigenvalue weighted by atomic mass is 10.2. The Morgan fingerprint density at radius 1 is 1.40 bits per heavy atom. The van der Waals surface area contributed by atoms with E-state index in [9.17, 15) is 4.79 Å². The van der Waals surface area contributed by atoms with Gasteiger partial charge in [-0.2, -0.15) is 0 Å². The molecule has 106 valence electrons. The van der Waals surface area contributed by atoms with Crippen LogP contribution in [-0.2, 0) is 6.42 Å². The van der Waals surface area contributed by atoms with Crippen LogP contribution >= 0.6 is 22.9 Å². The number of rotatable bonds is 4. The highest BCUT2D eigenvalue weighted by atomic mass is 35.5. The van der Waals surface area contributed by atoms with Crippen molar-refractivity contribution in [2.75, 3.05) is 5.32 Å². The summed E-state index contributed by atoms with van der Waals surface area (Å²) in [6.07, 6.45) is 0.732. The van der Waals surface area contributed by atoms with Crippen LogP contribution in [-0.4, -0.2) is 15.9 Å². The summed E-state index contributed by atoms with van der Waals surface area (Å²) in [5, 5.41) is 5.68. The maximum atomic E-state index is 12.2. The largest absolute Gasteiger partial charge is 0.298 e. The summed E-state index contributed by atoms with van der Waals surface area (Å²) in [4.78, 5) is 20.7. The summed E-state index contributed by atoms with van der Waals surface area (Å²) in [6, 6.07) is 3.31. The predicted molar refractivity (Wildman–Crippen MR) is 82.8 cm³/mol. The number of aryl methyl sites for hydroxylation is 1. The van der Waals surface area contributed by atoms with Gasteiger partial charge in [0.1, 0.15) is 5.15 Å². The molecule has 0 saturated carbocycles. The number of nitrogens with one attached hydrogen (secondary N) is 1. The zero-order valence-corrected chi connectivity index (χ0v) is 13.2. The zero-order chi connectivity index (χ0) is 14.7. The molecule has 0 aromatic carbocycles. The van der Waals surface area contributed by atoms with Gasteiger partial charge < -0.3 is 0 Å². The van der Waals surface area contributed by atoms with Gasteiger partial charge in [0.05, 0.1) is 5.69 Å². The summed E-state index contributed by atoms with van der Waals surface area (Å²) in [6.45, 7) is 6.10. The molecule has 6 heteroatoms. The monoisotopic (exact) mass is 309 g/mol. The molecule has 0 aliphatic carbocycles. The first-order valence-corrected chi connectivity index (χ1v) is 7.68. The highest BCUT2D eigenvalue weighted by Crippen LogP contribution is 2.22. The zero-order valence-electron chi connectivity index (χ0n) is 11.6. The van der Waals surface area contributed by atoms with Crippen LogP contribution in [0.3, 0.4) is 0 Å². The van der Waals surface area contributed by atoms with Gasteiger partial charge in [-0.3, -0.25) is 10.1 Å². The summed E-state index contributed by atoms with van der Waals surface area (Å²) in [7, 11) is 0. The van der Waals surface area contributed by atoms with E-state index >= 15 is 0 Å². The fraction of sp³-hybridized carbons (Fsp3) is 0.357. The Bertz CT molecular complexity index is 625. The lowest BCUT2D eigenvalue weighted by Crippen LogP contribution is -2.12. The Kier molecular flexibility index (Phi) is 4.73. The van der Waals surface area contributed by atoms with Crippen molar-refractivity contribution < 1.29 is 4.79 Å². The Hall–Kier alpha value is -1.46. The number of carbonyl (C=O) groups is 1. The molecular weight excluding hydrogens is 294 g/mol. The minimum absolute atomic E-state index is 0.214. The Balaban J connectivity index is 2.16. The average molecular weight is 310 g/mol. The van der Waals surface area contributed by atoms with Crippen molar-refractivity contribution in [1.82, 2.24) is 9.97 Å². The molecule has 1 amide bonds. The maximum Gasteiger partial charge on any atom is 0.257 e. The first-order chi connectivity index (χ1) is 9.49. The SMILES string of the molecule is CCc1cc(C(=O)Nc2nc(C(C)C)cs2)cc(Cl)n1. The van der Waals surface area contributed by atoms with Gasteiger partial charge in [0, 0.05) is 16.6 Å². The molecule has 0 aliphatic rings.